The molecule has 1 fully saturated rings. The lowest BCUT2D eigenvalue weighted by molar-refractivity contribution is 1.11. The highest BCUT2D eigenvalue weighted by molar-refractivity contribution is 7.18. The average Bonchev–Trinajstić information content (AvgIpc) is 2.98. The molecule has 0 aromatic carbocycles. The summed E-state index contributed by atoms with van der Waals surface area (Å²) in [4.78, 5) is 13.0. The fourth-order valence-corrected chi connectivity index (χ4v) is 3.12. The molecule has 2 aliphatic rings. The standard InChI is InChI=1S/C15H14N4S/c1(10-5-6-16-7-10)2-11-8-20-14-13(11)17-9-18-15(14)19-12-3-4-12/h1-2,5,7-9,12H,3-4,6H2,(H,17,18,19)/b2-1+. The third kappa shape index (κ3) is 2.25. The van der Waals surface area contributed by atoms with E-state index in [1.807, 2.05) is 6.21 Å². The number of anilines is 1. The third-order valence-electron chi connectivity index (χ3n) is 3.43. The average molecular weight is 282 g/mol. The Hall–Kier alpha value is -2.01. The molecule has 0 spiro atoms. The number of fused-ring (bicyclic) bond motifs is 1. The number of aliphatic imine (C=N–C) groups is 1. The largest absolute Gasteiger partial charge is 0.366 e. The molecular formula is C15H14N4S. The molecule has 4 nitrogen and oxygen atoms in total. The molecule has 1 N–H and O–H groups in total. The van der Waals surface area contributed by atoms with Gasteiger partial charge in [0.25, 0.3) is 0 Å². The summed E-state index contributed by atoms with van der Waals surface area (Å²) < 4.78 is 1.15. The first-order valence-corrected chi connectivity index (χ1v) is 7.65. The molecule has 5 heteroatoms. The Morgan fingerprint density at radius 1 is 1.25 bits per heavy atom. The molecule has 2 aromatic heterocycles. The minimum absolute atomic E-state index is 0.606. The predicted octanol–water partition coefficient (Wildman–Crippen LogP) is 3.29. The molecule has 1 saturated carbocycles. The van der Waals surface area contributed by atoms with Gasteiger partial charge in [-0.1, -0.05) is 18.2 Å². The van der Waals surface area contributed by atoms with Crippen LogP contribution in [0.15, 0.2) is 34.4 Å². The van der Waals surface area contributed by atoms with E-state index in [2.05, 4.69) is 43.9 Å². The van der Waals surface area contributed by atoms with Gasteiger partial charge in [-0.15, -0.1) is 11.3 Å². The molecule has 0 radical (unpaired) electrons. The van der Waals surface area contributed by atoms with Gasteiger partial charge in [0, 0.05) is 23.2 Å². The Morgan fingerprint density at radius 3 is 3.00 bits per heavy atom. The van der Waals surface area contributed by atoms with Crippen LogP contribution in [-0.4, -0.2) is 28.8 Å². The molecular weight excluding hydrogens is 268 g/mol. The van der Waals surface area contributed by atoms with Crippen LogP contribution in [0.25, 0.3) is 16.3 Å². The van der Waals surface area contributed by atoms with E-state index in [0.717, 1.165) is 33.7 Å². The van der Waals surface area contributed by atoms with Crippen LogP contribution in [0.5, 0.6) is 0 Å². The molecule has 20 heavy (non-hydrogen) atoms. The molecule has 0 amide bonds. The van der Waals surface area contributed by atoms with Crippen LogP contribution in [0, 0.1) is 0 Å². The summed E-state index contributed by atoms with van der Waals surface area (Å²) in [5.41, 5.74) is 3.34. The van der Waals surface area contributed by atoms with E-state index in [1.54, 1.807) is 17.7 Å². The van der Waals surface area contributed by atoms with Gasteiger partial charge in [-0.25, -0.2) is 9.97 Å². The minimum atomic E-state index is 0.606. The van der Waals surface area contributed by atoms with Crippen molar-refractivity contribution in [1.29, 1.82) is 0 Å². The lowest BCUT2D eigenvalue weighted by Crippen LogP contribution is -2.03. The summed E-state index contributed by atoms with van der Waals surface area (Å²) >= 11 is 1.70. The number of aromatic nitrogens is 2. The van der Waals surface area contributed by atoms with E-state index < -0.39 is 0 Å². The van der Waals surface area contributed by atoms with Gasteiger partial charge in [0.05, 0.1) is 16.8 Å². The topological polar surface area (TPSA) is 50.2 Å². The molecule has 4 rings (SSSR count). The Labute approximate surface area is 121 Å². The smallest absolute Gasteiger partial charge is 0.147 e. The molecule has 0 bridgehead atoms. The number of rotatable bonds is 4. The lowest BCUT2D eigenvalue weighted by Gasteiger charge is -2.03. The van der Waals surface area contributed by atoms with Gasteiger partial charge in [-0.3, -0.25) is 4.99 Å². The molecule has 1 aliphatic heterocycles. The Kier molecular flexibility index (Phi) is 2.85. The highest BCUT2D eigenvalue weighted by Crippen LogP contribution is 2.33. The van der Waals surface area contributed by atoms with Crippen LogP contribution < -0.4 is 5.32 Å². The maximum absolute atomic E-state index is 4.43. The zero-order chi connectivity index (χ0) is 13.4. The van der Waals surface area contributed by atoms with Crippen LogP contribution in [-0.2, 0) is 0 Å². The summed E-state index contributed by atoms with van der Waals surface area (Å²) in [5.74, 6) is 0.976. The summed E-state index contributed by atoms with van der Waals surface area (Å²) in [6.07, 6.45) is 12.4. The number of hydrogen-bond donors (Lipinski definition) is 1. The van der Waals surface area contributed by atoms with Gasteiger partial charge in [0.2, 0.25) is 0 Å². The Morgan fingerprint density at radius 2 is 2.20 bits per heavy atom. The maximum atomic E-state index is 4.43. The van der Waals surface area contributed by atoms with E-state index in [-0.39, 0.29) is 0 Å². The van der Waals surface area contributed by atoms with Crippen LogP contribution in [0.4, 0.5) is 5.82 Å². The van der Waals surface area contributed by atoms with Crippen molar-refractivity contribution in [2.24, 2.45) is 4.99 Å². The number of nitrogens with one attached hydrogen (secondary N) is 1. The van der Waals surface area contributed by atoms with Crippen molar-refractivity contribution >= 4 is 39.7 Å². The van der Waals surface area contributed by atoms with E-state index >= 15 is 0 Å². The second-order valence-electron chi connectivity index (χ2n) is 5.04. The van der Waals surface area contributed by atoms with Gasteiger partial charge in [0.15, 0.2) is 0 Å². The van der Waals surface area contributed by atoms with Crippen LogP contribution in [0.1, 0.15) is 18.4 Å². The summed E-state index contributed by atoms with van der Waals surface area (Å²) in [6, 6.07) is 0.606. The second-order valence-corrected chi connectivity index (χ2v) is 5.92. The molecule has 0 saturated heterocycles. The van der Waals surface area contributed by atoms with Crippen molar-refractivity contribution in [1.82, 2.24) is 9.97 Å². The number of thiophene rings is 1. The van der Waals surface area contributed by atoms with Gasteiger partial charge < -0.3 is 5.32 Å². The second kappa shape index (κ2) is 4.83. The van der Waals surface area contributed by atoms with E-state index in [0.29, 0.717) is 6.04 Å². The van der Waals surface area contributed by atoms with Crippen LogP contribution >= 0.6 is 11.3 Å². The first kappa shape index (κ1) is 11.8. The van der Waals surface area contributed by atoms with Crippen molar-refractivity contribution in [3.63, 3.8) is 0 Å². The van der Waals surface area contributed by atoms with Gasteiger partial charge in [-0.2, -0.15) is 0 Å². The highest BCUT2D eigenvalue weighted by atomic mass is 32.1. The molecule has 100 valence electrons. The first-order chi connectivity index (χ1) is 9.90. The normalized spacial score (nSPS) is 18.1. The van der Waals surface area contributed by atoms with E-state index in [9.17, 15) is 0 Å². The van der Waals surface area contributed by atoms with Gasteiger partial charge in [0.1, 0.15) is 12.1 Å². The quantitative estimate of drug-likeness (QED) is 0.936. The zero-order valence-electron chi connectivity index (χ0n) is 10.9. The SMILES string of the molecule is C1=NCC=C1/C=C/c1csc2c(NC3CC3)ncnc12. The number of nitrogens with zero attached hydrogens (tertiary/aromatic N) is 3. The molecule has 1 aliphatic carbocycles. The first-order valence-electron chi connectivity index (χ1n) is 6.77. The summed E-state index contributed by atoms with van der Waals surface area (Å²) in [6.45, 7) is 0.793. The molecule has 0 unspecified atom stereocenters. The van der Waals surface area contributed by atoms with Crippen molar-refractivity contribution < 1.29 is 0 Å². The van der Waals surface area contributed by atoms with Gasteiger partial charge in [-0.05, 0) is 18.4 Å². The van der Waals surface area contributed by atoms with Crippen LogP contribution in [0.3, 0.4) is 0 Å². The van der Waals surface area contributed by atoms with Crippen molar-refractivity contribution in [3.05, 3.63) is 35.0 Å². The minimum Gasteiger partial charge on any atom is -0.366 e. The molecule has 2 aromatic rings. The van der Waals surface area contributed by atoms with E-state index in [4.69, 9.17) is 0 Å². The number of allylic oxidation sites excluding steroid dienone is 2. The molecule has 3 heterocycles. The summed E-state index contributed by atoms with van der Waals surface area (Å²) in [5, 5.41) is 5.61. The van der Waals surface area contributed by atoms with Crippen LogP contribution in [0.2, 0.25) is 0 Å². The zero-order valence-corrected chi connectivity index (χ0v) is 11.7. The molecule has 0 atom stereocenters. The maximum Gasteiger partial charge on any atom is 0.147 e. The van der Waals surface area contributed by atoms with Crippen molar-refractivity contribution in [3.8, 4) is 0 Å². The predicted molar refractivity (Wildman–Crippen MR) is 84.5 cm³/mol. The Bertz CT molecular complexity index is 737. The fourth-order valence-electron chi connectivity index (χ4n) is 2.18. The fraction of sp³-hybridized carbons (Fsp3) is 0.267. The Balaban J connectivity index is 1.68. The monoisotopic (exact) mass is 282 g/mol. The lowest BCUT2D eigenvalue weighted by atomic mass is 10.2. The van der Waals surface area contributed by atoms with E-state index in [1.165, 1.54) is 12.8 Å². The third-order valence-corrected chi connectivity index (χ3v) is 4.42. The van der Waals surface area contributed by atoms with Crippen molar-refractivity contribution in [2.75, 3.05) is 11.9 Å². The van der Waals surface area contributed by atoms with Gasteiger partial charge >= 0.3 is 0 Å². The highest BCUT2D eigenvalue weighted by Gasteiger charge is 2.22. The van der Waals surface area contributed by atoms with Crippen molar-refractivity contribution in [2.45, 2.75) is 18.9 Å². The number of hydrogen-bond acceptors (Lipinski definition) is 5. The summed E-state index contributed by atoms with van der Waals surface area (Å²) in [7, 11) is 0.